The number of fused-ring (bicyclic) bond motifs is 3. The highest BCUT2D eigenvalue weighted by Gasteiger charge is 2.17. The van der Waals surface area contributed by atoms with Gasteiger partial charge in [-0.25, -0.2) is 15.0 Å². The Kier molecular flexibility index (Phi) is 7.34. The highest BCUT2D eigenvalue weighted by Crippen LogP contribution is 2.42. The molecular formula is C45H29N3S. The Morgan fingerprint density at radius 1 is 0.306 bits per heavy atom. The van der Waals surface area contributed by atoms with Crippen LogP contribution < -0.4 is 0 Å². The van der Waals surface area contributed by atoms with Gasteiger partial charge in [0.05, 0.1) is 0 Å². The summed E-state index contributed by atoms with van der Waals surface area (Å²) in [5.41, 5.74) is 9.74. The van der Waals surface area contributed by atoms with E-state index in [1.165, 1.54) is 31.3 Å². The molecule has 7 aromatic carbocycles. The van der Waals surface area contributed by atoms with E-state index in [1.54, 1.807) is 0 Å². The zero-order valence-corrected chi connectivity index (χ0v) is 27.3. The molecular weight excluding hydrogens is 615 g/mol. The molecule has 0 unspecified atom stereocenters. The van der Waals surface area contributed by atoms with Crippen molar-refractivity contribution in [1.82, 2.24) is 15.0 Å². The van der Waals surface area contributed by atoms with Crippen LogP contribution in [0.1, 0.15) is 0 Å². The van der Waals surface area contributed by atoms with Gasteiger partial charge in [0.1, 0.15) is 0 Å². The van der Waals surface area contributed by atoms with Gasteiger partial charge in [-0.05, 0) is 57.6 Å². The van der Waals surface area contributed by atoms with Crippen LogP contribution in [0.15, 0.2) is 176 Å². The molecule has 0 fully saturated rings. The molecule has 0 radical (unpaired) electrons. The molecule has 0 aliphatic rings. The van der Waals surface area contributed by atoms with Crippen LogP contribution in [0.4, 0.5) is 0 Å². The van der Waals surface area contributed by atoms with Gasteiger partial charge in [0, 0.05) is 36.9 Å². The van der Waals surface area contributed by atoms with Crippen LogP contribution in [0, 0.1) is 0 Å². The number of hydrogen-bond donors (Lipinski definition) is 0. The average Bonchev–Trinajstić information content (AvgIpc) is 3.58. The van der Waals surface area contributed by atoms with Crippen LogP contribution >= 0.6 is 11.3 Å². The van der Waals surface area contributed by atoms with Crippen molar-refractivity contribution in [3.05, 3.63) is 176 Å². The van der Waals surface area contributed by atoms with Crippen LogP contribution in [0.25, 0.3) is 87.7 Å². The molecule has 9 aromatic rings. The lowest BCUT2D eigenvalue weighted by Crippen LogP contribution is -2.00. The monoisotopic (exact) mass is 643 g/mol. The number of thiophene rings is 1. The summed E-state index contributed by atoms with van der Waals surface area (Å²) in [4.78, 5) is 15.3. The van der Waals surface area contributed by atoms with E-state index in [9.17, 15) is 0 Å². The highest BCUT2D eigenvalue weighted by atomic mass is 32.1. The normalized spacial score (nSPS) is 11.3. The molecule has 0 amide bonds. The van der Waals surface area contributed by atoms with Crippen LogP contribution in [0.3, 0.4) is 0 Å². The third-order valence-electron chi connectivity index (χ3n) is 8.93. The van der Waals surface area contributed by atoms with E-state index in [2.05, 4.69) is 152 Å². The van der Waals surface area contributed by atoms with Crippen molar-refractivity contribution < 1.29 is 0 Å². The van der Waals surface area contributed by atoms with E-state index in [0.717, 1.165) is 38.9 Å². The first-order chi connectivity index (χ1) is 24.3. The maximum Gasteiger partial charge on any atom is 0.164 e. The number of hydrogen-bond acceptors (Lipinski definition) is 4. The maximum absolute atomic E-state index is 5.15. The Labute approximate surface area is 288 Å². The van der Waals surface area contributed by atoms with E-state index < -0.39 is 0 Å². The summed E-state index contributed by atoms with van der Waals surface area (Å²) in [6.07, 6.45) is 0. The second-order valence-electron chi connectivity index (χ2n) is 12.1. The number of benzene rings is 7. The van der Waals surface area contributed by atoms with Crippen molar-refractivity contribution in [3.8, 4) is 67.5 Å². The van der Waals surface area contributed by atoms with Crippen LogP contribution in [0.5, 0.6) is 0 Å². The van der Waals surface area contributed by atoms with E-state index in [-0.39, 0.29) is 0 Å². The van der Waals surface area contributed by atoms with E-state index in [1.807, 2.05) is 35.6 Å². The lowest BCUT2D eigenvalue weighted by Gasteiger charge is -2.13. The number of rotatable bonds is 6. The first-order valence-corrected chi connectivity index (χ1v) is 17.2. The lowest BCUT2D eigenvalue weighted by molar-refractivity contribution is 1.07. The molecule has 0 atom stereocenters. The van der Waals surface area contributed by atoms with Crippen LogP contribution in [-0.2, 0) is 0 Å². The molecule has 0 spiro atoms. The minimum atomic E-state index is 0.638. The molecule has 230 valence electrons. The zero-order valence-electron chi connectivity index (χ0n) is 26.5. The van der Waals surface area contributed by atoms with Crippen molar-refractivity contribution >= 4 is 31.5 Å². The molecule has 49 heavy (non-hydrogen) atoms. The van der Waals surface area contributed by atoms with Crippen LogP contribution in [0.2, 0.25) is 0 Å². The minimum Gasteiger partial charge on any atom is -0.208 e. The molecule has 2 heterocycles. The Hall–Kier alpha value is -6.23. The Morgan fingerprint density at radius 2 is 0.755 bits per heavy atom. The largest absolute Gasteiger partial charge is 0.208 e. The fourth-order valence-electron chi connectivity index (χ4n) is 6.48. The van der Waals surface area contributed by atoms with Gasteiger partial charge in [-0.1, -0.05) is 152 Å². The summed E-state index contributed by atoms with van der Waals surface area (Å²) >= 11 is 1.84. The highest BCUT2D eigenvalue weighted by molar-refractivity contribution is 7.26. The average molecular weight is 644 g/mol. The lowest BCUT2D eigenvalue weighted by atomic mass is 9.95. The topological polar surface area (TPSA) is 38.7 Å². The molecule has 3 nitrogen and oxygen atoms in total. The second-order valence-corrected chi connectivity index (χ2v) is 13.1. The Morgan fingerprint density at radius 3 is 1.43 bits per heavy atom. The fraction of sp³-hybridized carbons (Fsp3) is 0. The summed E-state index contributed by atoms with van der Waals surface area (Å²) < 4.78 is 2.57. The van der Waals surface area contributed by atoms with Gasteiger partial charge in [0.25, 0.3) is 0 Å². The van der Waals surface area contributed by atoms with Crippen LogP contribution in [-0.4, -0.2) is 15.0 Å². The first kappa shape index (κ1) is 29.0. The zero-order chi connectivity index (χ0) is 32.6. The molecule has 9 rings (SSSR count). The van der Waals surface area contributed by atoms with Gasteiger partial charge in [0.15, 0.2) is 17.5 Å². The standard InChI is InChI=1S/C45H29N3S/c1-4-13-30(14-5-1)32-23-25-34(26-24-32)44-46-43(33-17-8-3-9-18-33)47-45(48-44)37-28-35(31-15-6-2-7-16-31)27-36(29-37)38-20-12-21-40-39-19-10-11-22-41(39)49-42(38)40/h1-29H. The predicted molar refractivity (Wildman–Crippen MR) is 205 cm³/mol. The molecule has 2 aromatic heterocycles. The molecule has 0 saturated heterocycles. The van der Waals surface area contributed by atoms with E-state index in [4.69, 9.17) is 15.0 Å². The smallest absolute Gasteiger partial charge is 0.164 e. The molecule has 0 N–H and O–H groups in total. The van der Waals surface area contributed by atoms with Gasteiger partial charge in [-0.15, -0.1) is 11.3 Å². The van der Waals surface area contributed by atoms with Gasteiger partial charge in [-0.2, -0.15) is 0 Å². The van der Waals surface area contributed by atoms with Crippen molar-refractivity contribution in [1.29, 1.82) is 0 Å². The van der Waals surface area contributed by atoms with Crippen molar-refractivity contribution in [3.63, 3.8) is 0 Å². The van der Waals surface area contributed by atoms with Crippen molar-refractivity contribution in [2.75, 3.05) is 0 Å². The van der Waals surface area contributed by atoms with Crippen molar-refractivity contribution in [2.45, 2.75) is 0 Å². The van der Waals surface area contributed by atoms with Gasteiger partial charge in [0.2, 0.25) is 0 Å². The minimum absolute atomic E-state index is 0.638. The molecule has 0 bridgehead atoms. The Balaban J connectivity index is 1.24. The summed E-state index contributed by atoms with van der Waals surface area (Å²) in [5, 5.41) is 2.56. The maximum atomic E-state index is 5.15. The predicted octanol–water partition coefficient (Wildman–Crippen LogP) is 12.2. The molecule has 0 aliphatic heterocycles. The van der Waals surface area contributed by atoms with Gasteiger partial charge < -0.3 is 0 Å². The fourth-order valence-corrected chi connectivity index (χ4v) is 7.72. The molecule has 0 saturated carbocycles. The quantitative estimate of drug-likeness (QED) is 0.181. The number of aromatic nitrogens is 3. The Bertz CT molecular complexity index is 2580. The summed E-state index contributed by atoms with van der Waals surface area (Å²) in [6.45, 7) is 0. The number of nitrogens with zero attached hydrogens (tertiary/aromatic N) is 3. The summed E-state index contributed by atoms with van der Waals surface area (Å²) in [7, 11) is 0. The first-order valence-electron chi connectivity index (χ1n) is 16.4. The van der Waals surface area contributed by atoms with Gasteiger partial charge in [-0.3, -0.25) is 0 Å². The van der Waals surface area contributed by atoms with Gasteiger partial charge >= 0.3 is 0 Å². The molecule has 0 aliphatic carbocycles. The summed E-state index contributed by atoms with van der Waals surface area (Å²) in [6, 6.07) is 61.6. The van der Waals surface area contributed by atoms with E-state index in [0.29, 0.717) is 17.5 Å². The molecule has 4 heteroatoms. The second kappa shape index (κ2) is 12.4. The van der Waals surface area contributed by atoms with Crippen molar-refractivity contribution in [2.24, 2.45) is 0 Å². The summed E-state index contributed by atoms with van der Waals surface area (Å²) in [5.74, 6) is 1.92. The SMILES string of the molecule is c1ccc(-c2ccc(-c3nc(-c4ccccc4)nc(-c4cc(-c5ccccc5)cc(-c5cccc6c5sc5ccccc56)c4)n3)cc2)cc1. The third-order valence-corrected chi connectivity index (χ3v) is 10.2. The van der Waals surface area contributed by atoms with E-state index >= 15 is 0 Å². The third kappa shape index (κ3) is 5.58.